The summed E-state index contributed by atoms with van der Waals surface area (Å²) in [4.78, 5) is 4.24. The van der Waals surface area contributed by atoms with E-state index in [1.807, 2.05) is 12.1 Å². The molecule has 0 saturated heterocycles. The molecule has 1 aliphatic carbocycles. The number of nitrogen functional groups attached to an aromatic ring is 1. The topological polar surface area (TPSA) is 50.9 Å². The maximum absolute atomic E-state index is 5.84. The molecule has 1 aromatic heterocycles. The Hall–Kier alpha value is -1.25. The van der Waals surface area contributed by atoms with Crippen LogP contribution in [0.3, 0.4) is 0 Å². The minimum absolute atomic E-state index is 0.406. The largest absolute Gasteiger partial charge is 0.396 e. The first-order chi connectivity index (χ1) is 7.37. The van der Waals surface area contributed by atoms with Crippen LogP contribution in [-0.2, 0) is 0 Å². The Balaban J connectivity index is 1.98. The van der Waals surface area contributed by atoms with Gasteiger partial charge < -0.3 is 11.1 Å². The lowest BCUT2D eigenvalue weighted by Crippen LogP contribution is -2.10. The van der Waals surface area contributed by atoms with Crippen LogP contribution in [-0.4, -0.2) is 11.5 Å². The summed E-state index contributed by atoms with van der Waals surface area (Å²) in [7, 11) is 0. The van der Waals surface area contributed by atoms with Gasteiger partial charge in [0.15, 0.2) is 0 Å². The van der Waals surface area contributed by atoms with Crippen LogP contribution in [0.1, 0.15) is 27.7 Å². The average Bonchev–Trinajstić information content (AvgIpc) is 2.58. The molecule has 0 bridgehead atoms. The SMILES string of the molecule is CC1(C)C(CNc2ncccc2N)C1(C)C. The number of rotatable bonds is 3. The summed E-state index contributed by atoms with van der Waals surface area (Å²) in [6.45, 7) is 10.2. The van der Waals surface area contributed by atoms with Gasteiger partial charge in [0.25, 0.3) is 0 Å². The molecule has 1 heterocycles. The van der Waals surface area contributed by atoms with Gasteiger partial charge in [0.2, 0.25) is 0 Å². The highest BCUT2D eigenvalue weighted by molar-refractivity contribution is 5.60. The third kappa shape index (κ3) is 1.55. The van der Waals surface area contributed by atoms with Crippen LogP contribution in [0.4, 0.5) is 11.5 Å². The molecule has 3 N–H and O–H groups in total. The third-order valence-electron chi connectivity index (χ3n) is 4.63. The van der Waals surface area contributed by atoms with Gasteiger partial charge in [-0.05, 0) is 28.9 Å². The Kier molecular flexibility index (Phi) is 2.37. The molecule has 0 unspecified atom stereocenters. The van der Waals surface area contributed by atoms with Crippen molar-refractivity contribution in [2.75, 3.05) is 17.6 Å². The highest BCUT2D eigenvalue weighted by Crippen LogP contribution is 2.68. The fourth-order valence-corrected chi connectivity index (χ4v) is 2.61. The van der Waals surface area contributed by atoms with E-state index in [0.29, 0.717) is 16.7 Å². The van der Waals surface area contributed by atoms with Crippen molar-refractivity contribution < 1.29 is 0 Å². The molecule has 1 saturated carbocycles. The van der Waals surface area contributed by atoms with Crippen molar-refractivity contribution in [3.05, 3.63) is 18.3 Å². The lowest BCUT2D eigenvalue weighted by molar-refractivity contribution is 0.457. The normalized spacial score (nSPS) is 21.8. The second-order valence-electron chi connectivity index (χ2n) is 5.82. The molecule has 0 aliphatic heterocycles. The van der Waals surface area contributed by atoms with Crippen LogP contribution < -0.4 is 11.1 Å². The highest BCUT2D eigenvalue weighted by atomic mass is 15.0. The zero-order valence-electron chi connectivity index (χ0n) is 10.5. The number of nitrogens with one attached hydrogen (secondary N) is 1. The Bertz CT molecular complexity index is 382. The van der Waals surface area contributed by atoms with Crippen molar-refractivity contribution in [3.63, 3.8) is 0 Å². The molecule has 1 fully saturated rings. The minimum Gasteiger partial charge on any atom is -0.396 e. The van der Waals surface area contributed by atoms with E-state index in [1.54, 1.807) is 6.20 Å². The first kappa shape index (κ1) is 11.2. The van der Waals surface area contributed by atoms with Gasteiger partial charge in [-0.2, -0.15) is 0 Å². The summed E-state index contributed by atoms with van der Waals surface area (Å²) in [5.41, 5.74) is 7.37. The first-order valence-electron chi connectivity index (χ1n) is 5.81. The van der Waals surface area contributed by atoms with Crippen LogP contribution in [0.15, 0.2) is 18.3 Å². The maximum Gasteiger partial charge on any atom is 0.149 e. The van der Waals surface area contributed by atoms with E-state index < -0.39 is 0 Å². The molecule has 2 rings (SSSR count). The molecule has 0 radical (unpaired) electrons. The van der Waals surface area contributed by atoms with Crippen molar-refractivity contribution in [3.8, 4) is 0 Å². The molecule has 0 atom stereocenters. The van der Waals surface area contributed by atoms with E-state index in [2.05, 4.69) is 38.0 Å². The molecule has 16 heavy (non-hydrogen) atoms. The van der Waals surface area contributed by atoms with E-state index >= 15 is 0 Å². The van der Waals surface area contributed by atoms with Crippen LogP contribution in [0, 0.1) is 16.7 Å². The predicted molar refractivity (Wildman–Crippen MR) is 68.2 cm³/mol. The smallest absolute Gasteiger partial charge is 0.149 e. The Labute approximate surface area is 97.5 Å². The quantitative estimate of drug-likeness (QED) is 0.822. The molecule has 3 heteroatoms. The number of aromatic nitrogens is 1. The van der Waals surface area contributed by atoms with E-state index in [1.165, 1.54) is 0 Å². The molecule has 3 nitrogen and oxygen atoms in total. The lowest BCUT2D eigenvalue weighted by Gasteiger charge is -2.08. The maximum atomic E-state index is 5.84. The van der Waals surface area contributed by atoms with Gasteiger partial charge in [-0.15, -0.1) is 0 Å². The Morgan fingerprint density at radius 3 is 2.44 bits per heavy atom. The lowest BCUT2D eigenvalue weighted by atomic mass is 10.0. The summed E-state index contributed by atoms with van der Waals surface area (Å²) in [5, 5.41) is 3.35. The minimum atomic E-state index is 0.406. The second kappa shape index (κ2) is 3.37. The van der Waals surface area contributed by atoms with E-state index in [4.69, 9.17) is 5.73 Å². The molecular formula is C13H21N3. The zero-order valence-corrected chi connectivity index (χ0v) is 10.5. The summed E-state index contributed by atoms with van der Waals surface area (Å²) in [6, 6.07) is 3.73. The monoisotopic (exact) mass is 219 g/mol. The Morgan fingerprint density at radius 2 is 1.94 bits per heavy atom. The van der Waals surface area contributed by atoms with Gasteiger partial charge in [0.05, 0.1) is 5.69 Å². The molecule has 0 amide bonds. The summed E-state index contributed by atoms with van der Waals surface area (Å²) in [6.07, 6.45) is 1.77. The van der Waals surface area contributed by atoms with E-state index in [9.17, 15) is 0 Å². The van der Waals surface area contributed by atoms with Crippen LogP contribution in [0.25, 0.3) is 0 Å². The number of pyridine rings is 1. The third-order valence-corrected chi connectivity index (χ3v) is 4.63. The van der Waals surface area contributed by atoms with Gasteiger partial charge in [0.1, 0.15) is 5.82 Å². The summed E-state index contributed by atoms with van der Waals surface area (Å²) < 4.78 is 0. The molecule has 1 aliphatic rings. The number of nitrogens with zero attached hydrogens (tertiary/aromatic N) is 1. The zero-order chi connectivity index (χ0) is 12.0. The summed E-state index contributed by atoms with van der Waals surface area (Å²) in [5.74, 6) is 1.49. The van der Waals surface area contributed by atoms with Crippen molar-refractivity contribution in [2.45, 2.75) is 27.7 Å². The molecule has 1 aromatic rings. The second-order valence-corrected chi connectivity index (χ2v) is 5.82. The van der Waals surface area contributed by atoms with Crippen LogP contribution in [0.5, 0.6) is 0 Å². The number of anilines is 2. The number of nitrogens with two attached hydrogens (primary N) is 1. The molecule has 0 aromatic carbocycles. The molecule has 88 valence electrons. The van der Waals surface area contributed by atoms with Crippen LogP contribution in [0.2, 0.25) is 0 Å². The van der Waals surface area contributed by atoms with Gasteiger partial charge in [-0.3, -0.25) is 0 Å². The molecule has 0 spiro atoms. The van der Waals surface area contributed by atoms with Gasteiger partial charge >= 0.3 is 0 Å². The van der Waals surface area contributed by atoms with Gasteiger partial charge in [0, 0.05) is 12.7 Å². The van der Waals surface area contributed by atoms with E-state index in [0.717, 1.165) is 18.1 Å². The summed E-state index contributed by atoms with van der Waals surface area (Å²) >= 11 is 0. The number of hydrogen-bond acceptors (Lipinski definition) is 3. The van der Waals surface area contributed by atoms with Crippen molar-refractivity contribution in [1.82, 2.24) is 4.98 Å². The van der Waals surface area contributed by atoms with Crippen molar-refractivity contribution in [1.29, 1.82) is 0 Å². The fourth-order valence-electron chi connectivity index (χ4n) is 2.61. The van der Waals surface area contributed by atoms with Gasteiger partial charge in [-0.25, -0.2) is 4.98 Å². The molecular weight excluding hydrogens is 198 g/mol. The number of hydrogen-bond donors (Lipinski definition) is 2. The first-order valence-corrected chi connectivity index (χ1v) is 5.81. The van der Waals surface area contributed by atoms with Crippen molar-refractivity contribution >= 4 is 11.5 Å². The van der Waals surface area contributed by atoms with Gasteiger partial charge in [-0.1, -0.05) is 27.7 Å². The Morgan fingerprint density at radius 1 is 1.31 bits per heavy atom. The predicted octanol–water partition coefficient (Wildman–Crippen LogP) is 2.76. The van der Waals surface area contributed by atoms with E-state index in [-0.39, 0.29) is 0 Å². The average molecular weight is 219 g/mol. The van der Waals surface area contributed by atoms with Crippen LogP contribution >= 0.6 is 0 Å². The standard InChI is InChI=1S/C13H21N3/c1-12(2)10(13(12,3)4)8-16-11-9(14)6-5-7-15-11/h5-7,10H,8,14H2,1-4H3,(H,15,16). The highest BCUT2D eigenvalue weighted by Gasteiger charge is 2.64. The fraction of sp³-hybridized carbons (Fsp3) is 0.615. The van der Waals surface area contributed by atoms with Crippen molar-refractivity contribution in [2.24, 2.45) is 16.7 Å².